The Morgan fingerprint density at radius 1 is 0.966 bits per heavy atom. The van der Waals surface area contributed by atoms with Crippen LogP contribution in [0.25, 0.3) is 0 Å². The molecule has 1 N–H and O–H groups in total. The van der Waals surface area contributed by atoms with Gasteiger partial charge in [0.1, 0.15) is 0 Å². The van der Waals surface area contributed by atoms with E-state index in [2.05, 4.69) is 15.3 Å². The Kier molecular flexibility index (Phi) is 8.62. The predicted octanol–water partition coefficient (Wildman–Crippen LogP) is 2.78. The maximum absolute atomic E-state index is 11.3. The molecule has 8 heteroatoms. The quantitative estimate of drug-likeness (QED) is 0.351. The van der Waals surface area contributed by atoms with E-state index >= 15 is 0 Å². The van der Waals surface area contributed by atoms with E-state index in [1.165, 1.54) is 7.11 Å². The van der Waals surface area contributed by atoms with Gasteiger partial charge < -0.3 is 29.1 Å². The van der Waals surface area contributed by atoms with E-state index in [1.807, 2.05) is 31.2 Å². The maximum atomic E-state index is 11.3. The molecule has 2 aromatic rings. The number of methoxy groups -OCH3 is 3. The van der Waals surface area contributed by atoms with Crippen molar-refractivity contribution in [1.29, 1.82) is 0 Å². The van der Waals surface area contributed by atoms with E-state index in [0.29, 0.717) is 36.1 Å². The molecule has 0 aliphatic rings. The molecule has 0 atom stereocenters. The topological polar surface area (TPSA) is 87.6 Å². The number of ether oxygens (including phenoxy) is 5. The predicted molar refractivity (Wildman–Crippen MR) is 109 cm³/mol. The highest BCUT2D eigenvalue weighted by Crippen LogP contribution is 2.28. The van der Waals surface area contributed by atoms with Gasteiger partial charge >= 0.3 is 5.97 Å². The second kappa shape index (κ2) is 11.4. The molecule has 0 saturated heterocycles. The second-order valence-electron chi connectivity index (χ2n) is 5.79. The van der Waals surface area contributed by atoms with Gasteiger partial charge in [-0.1, -0.05) is 6.07 Å². The first-order valence-corrected chi connectivity index (χ1v) is 9.04. The minimum Gasteiger partial charge on any atom is -0.493 e. The van der Waals surface area contributed by atoms with Gasteiger partial charge in [0.2, 0.25) is 0 Å². The van der Waals surface area contributed by atoms with Crippen LogP contribution in [0.15, 0.2) is 41.5 Å². The summed E-state index contributed by atoms with van der Waals surface area (Å²) in [6.07, 6.45) is 1.67. The van der Waals surface area contributed by atoms with E-state index in [1.54, 1.807) is 32.6 Å². The Morgan fingerprint density at radius 3 is 2.41 bits per heavy atom. The van der Waals surface area contributed by atoms with Crippen LogP contribution in [0.1, 0.15) is 18.1 Å². The Labute approximate surface area is 170 Å². The fourth-order valence-electron chi connectivity index (χ4n) is 2.44. The van der Waals surface area contributed by atoms with E-state index in [4.69, 9.17) is 18.9 Å². The lowest BCUT2D eigenvalue weighted by Gasteiger charge is -2.11. The molecule has 0 aromatic heterocycles. The lowest BCUT2D eigenvalue weighted by Crippen LogP contribution is -2.13. The maximum Gasteiger partial charge on any atom is 0.343 e. The first-order chi connectivity index (χ1) is 14.1. The van der Waals surface area contributed by atoms with Crippen LogP contribution in [-0.2, 0) is 16.1 Å². The number of hydrazone groups is 1. The van der Waals surface area contributed by atoms with Crippen molar-refractivity contribution in [2.24, 2.45) is 5.10 Å². The number of carbonyl (C=O) groups excluding carboxylic acids is 1. The zero-order valence-corrected chi connectivity index (χ0v) is 17.1. The number of hydrogen-bond acceptors (Lipinski definition) is 8. The number of hydrogen-bond donors (Lipinski definition) is 1. The molecule has 8 nitrogen and oxygen atoms in total. The molecule has 0 bridgehead atoms. The average molecular weight is 402 g/mol. The Hall–Kier alpha value is -3.42. The summed E-state index contributed by atoms with van der Waals surface area (Å²) in [7, 11) is 4.51. The molecular weight excluding hydrogens is 376 g/mol. The van der Waals surface area contributed by atoms with Crippen LogP contribution in [0.4, 0.5) is 0 Å². The number of nitrogens with one attached hydrogen (secondary N) is 1. The van der Waals surface area contributed by atoms with Crippen molar-refractivity contribution in [1.82, 2.24) is 5.43 Å². The molecule has 2 rings (SSSR count). The van der Waals surface area contributed by atoms with Crippen molar-refractivity contribution in [2.45, 2.75) is 13.5 Å². The van der Waals surface area contributed by atoms with Crippen LogP contribution < -0.4 is 24.4 Å². The third-order valence-corrected chi connectivity index (χ3v) is 3.88. The van der Waals surface area contributed by atoms with E-state index in [0.717, 1.165) is 11.1 Å². The normalized spacial score (nSPS) is 10.5. The van der Waals surface area contributed by atoms with Gasteiger partial charge in [0.25, 0.3) is 0 Å². The summed E-state index contributed by atoms with van der Waals surface area (Å²) in [5.41, 5.74) is 4.81. The minimum atomic E-state index is -0.461. The molecule has 0 fully saturated rings. The van der Waals surface area contributed by atoms with Gasteiger partial charge in [-0.15, -0.1) is 0 Å². The van der Waals surface area contributed by atoms with E-state index < -0.39 is 5.97 Å². The number of nitrogens with zero attached hydrogens (tertiary/aromatic N) is 1. The summed E-state index contributed by atoms with van der Waals surface area (Å²) in [6.45, 7) is 2.68. The van der Waals surface area contributed by atoms with E-state index in [-0.39, 0.29) is 6.61 Å². The molecule has 29 heavy (non-hydrogen) atoms. The van der Waals surface area contributed by atoms with E-state index in [9.17, 15) is 4.79 Å². The van der Waals surface area contributed by atoms with Crippen LogP contribution in [0.3, 0.4) is 0 Å². The van der Waals surface area contributed by atoms with Gasteiger partial charge in [-0.25, -0.2) is 4.79 Å². The van der Waals surface area contributed by atoms with Crippen LogP contribution in [0.2, 0.25) is 0 Å². The molecule has 0 unspecified atom stereocenters. The molecule has 0 radical (unpaired) electrons. The molecule has 156 valence electrons. The Morgan fingerprint density at radius 2 is 1.72 bits per heavy atom. The lowest BCUT2D eigenvalue weighted by atomic mass is 10.2. The highest BCUT2D eigenvalue weighted by atomic mass is 16.6. The minimum absolute atomic E-state index is 0.184. The smallest absolute Gasteiger partial charge is 0.343 e. The number of rotatable bonds is 11. The number of carbonyl (C=O) groups is 1. The third-order valence-electron chi connectivity index (χ3n) is 3.88. The van der Waals surface area contributed by atoms with Crippen LogP contribution in [0.5, 0.6) is 23.0 Å². The molecule has 2 aromatic carbocycles. The fourth-order valence-corrected chi connectivity index (χ4v) is 2.44. The standard InChI is InChI=1S/C21H26N2O6/c1-5-28-20-11-16(7-9-18(20)29-14-21(24)27-4)13-23-22-12-15-6-8-17(25-2)19(10-15)26-3/h6-11,13,22H,5,12,14H2,1-4H3/b23-13+. The SMILES string of the molecule is CCOc1cc(/C=N/NCc2ccc(OC)c(OC)c2)ccc1OCC(=O)OC. The summed E-state index contributed by atoms with van der Waals surface area (Å²) >= 11 is 0. The molecule has 0 saturated carbocycles. The van der Waals surface area contributed by atoms with Gasteiger partial charge in [-0.3, -0.25) is 0 Å². The first-order valence-electron chi connectivity index (χ1n) is 9.04. The van der Waals surface area contributed by atoms with Crippen molar-refractivity contribution in [2.75, 3.05) is 34.5 Å². The lowest BCUT2D eigenvalue weighted by molar-refractivity contribution is -0.142. The average Bonchev–Trinajstić information content (AvgIpc) is 2.75. The molecule has 0 aliphatic heterocycles. The van der Waals surface area contributed by atoms with Crippen LogP contribution in [0, 0.1) is 0 Å². The molecule has 0 aliphatic carbocycles. The summed E-state index contributed by atoms with van der Waals surface area (Å²) in [6, 6.07) is 11.0. The van der Waals surface area contributed by atoms with Crippen LogP contribution >= 0.6 is 0 Å². The first kappa shape index (κ1) is 21.9. The van der Waals surface area contributed by atoms with Crippen molar-refractivity contribution in [3.8, 4) is 23.0 Å². The molecular formula is C21H26N2O6. The zero-order valence-electron chi connectivity index (χ0n) is 17.1. The largest absolute Gasteiger partial charge is 0.493 e. The number of benzene rings is 2. The molecule has 0 amide bonds. The molecule has 0 heterocycles. The van der Waals surface area contributed by atoms with Gasteiger partial charge in [0.05, 0.1) is 40.7 Å². The van der Waals surface area contributed by atoms with Crippen LogP contribution in [-0.4, -0.2) is 46.7 Å². The molecule has 0 spiro atoms. The van der Waals surface area contributed by atoms with Gasteiger partial charge in [0.15, 0.2) is 29.6 Å². The van der Waals surface area contributed by atoms with Gasteiger partial charge in [-0.05, 0) is 48.4 Å². The summed E-state index contributed by atoms with van der Waals surface area (Å²) in [5.74, 6) is 1.88. The second-order valence-corrected chi connectivity index (χ2v) is 5.79. The highest BCUT2D eigenvalue weighted by molar-refractivity contribution is 5.80. The van der Waals surface area contributed by atoms with Crippen molar-refractivity contribution < 1.29 is 28.5 Å². The highest BCUT2D eigenvalue weighted by Gasteiger charge is 2.09. The number of esters is 1. The van der Waals surface area contributed by atoms with Crippen molar-refractivity contribution in [3.05, 3.63) is 47.5 Å². The summed E-state index contributed by atoms with van der Waals surface area (Å²) < 4.78 is 26.1. The Bertz CT molecular complexity index is 838. The summed E-state index contributed by atoms with van der Waals surface area (Å²) in [5, 5.41) is 4.24. The Balaban J connectivity index is 1.99. The van der Waals surface area contributed by atoms with Crippen molar-refractivity contribution >= 4 is 12.2 Å². The van der Waals surface area contributed by atoms with Gasteiger partial charge in [-0.2, -0.15) is 5.10 Å². The summed E-state index contributed by atoms with van der Waals surface area (Å²) in [4.78, 5) is 11.3. The monoisotopic (exact) mass is 402 g/mol. The van der Waals surface area contributed by atoms with Crippen molar-refractivity contribution in [3.63, 3.8) is 0 Å². The zero-order chi connectivity index (χ0) is 21.1. The third kappa shape index (κ3) is 6.60. The van der Waals surface area contributed by atoms with Gasteiger partial charge in [0, 0.05) is 0 Å². The fraction of sp³-hybridized carbons (Fsp3) is 0.333.